The van der Waals surface area contributed by atoms with Crippen LogP contribution in [0.3, 0.4) is 0 Å². The second-order valence-electron chi connectivity index (χ2n) is 8.28. The molecule has 2 aromatic heterocycles. The zero-order valence-electron chi connectivity index (χ0n) is 19.9. The fourth-order valence-corrected chi connectivity index (χ4v) is 8.26. The molecule has 36 heavy (non-hydrogen) atoms. The maximum atomic E-state index is 13.1. The first-order chi connectivity index (χ1) is 17.2. The summed E-state index contributed by atoms with van der Waals surface area (Å²) in [5.41, 5.74) is 1.57. The predicted molar refractivity (Wildman–Crippen MR) is 142 cm³/mol. The van der Waals surface area contributed by atoms with E-state index >= 15 is 0 Å². The van der Waals surface area contributed by atoms with E-state index in [0.29, 0.717) is 47.4 Å². The Kier molecular flexibility index (Phi) is 8.63. The molecule has 13 heteroatoms. The molecular formula is C23H27ClN4O5S3. The number of amides is 2. The number of nitrogens with zero attached hydrogens (tertiary/aromatic N) is 3. The van der Waals surface area contributed by atoms with Gasteiger partial charge in [0.15, 0.2) is 4.80 Å². The number of hydrogen-bond acceptors (Lipinski definition) is 7. The number of halogens is 1. The number of anilines is 1. The molecule has 0 aliphatic carbocycles. The van der Waals surface area contributed by atoms with E-state index in [9.17, 15) is 18.0 Å². The van der Waals surface area contributed by atoms with E-state index < -0.39 is 10.0 Å². The molecule has 194 valence electrons. The van der Waals surface area contributed by atoms with E-state index in [4.69, 9.17) is 16.3 Å². The third-order valence-electron chi connectivity index (χ3n) is 5.82. The number of thiazole rings is 1. The molecule has 0 atom stereocenters. The summed E-state index contributed by atoms with van der Waals surface area (Å²) in [4.78, 5) is 29.6. The Morgan fingerprint density at radius 2 is 1.94 bits per heavy atom. The minimum absolute atomic E-state index is 0.161. The van der Waals surface area contributed by atoms with Crippen molar-refractivity contribution in [2.24, 2.45) is 10.9 Å². The van der Waals surface area contributed by atoms with E-state index in [0.717, 1.165) is 21.6 Å². The highest BCUT2D eigenvalue weighted by Crippen LogP contribution is 2.31. The summed E-state index contributed by atoms with van der Waals surface area (Å²) >= 11 is 8.31. The largest absolute Gasteiger partial charge is 0.380 e. The van der Waals surface area contributed by atoms with Crippen molar-refractivity contribution in [2.45, 2.75) is 37.4 Å². The molecule has 4 rings (SSSR count). The lowest BCUT2D eigenvalue weighted by atomic mass is 9.98. The van der Waals surface area contributed by atoms with Gasteiger partial charge in [-0.25, -0.2) is 8.42 Å². The van der Waals surface area contributed by atoms with Gasteiger partial charge in [-0.1, -0.05) is 22.9 Å². The number of sulfonamides is 1. The second-order valence-corrected chi connectivity index (χ2v) is 13.2. The van der Waals surface area contributed by atoms with Crippen LogP contribution in [0, 0.1) is 5.92 Å². The highest BCUT2D eigenvalue weighted by molar-refractivity contribution is 7.91. The lowest BCUT2D eigenvalue weighted by Gasteiger charge is -2.29. The third-order valence-corrected chi connectivity index (χ3v) is 10.5. The van der Waals surface area contributed by atoms with Crippen LogP contribution in [-0.2, 0) is 30.9 Å². The molecule has 1 saturated heterocycles. The zero-order valence-corrected chi connectivity index (χ0v) is 23.1. The number of hydrogen-bond donors (Lipinski definition) is 1. The van der Waals surface area contributed by atoms with Crippen molar-refractivity contribution in [1.82, 2.24) is 8.87 Å². The molecular weight excluding hydrogens is 544 g/mol. The molecule has 0 saturated carbocycles. The molecule has 0 radical (unpaired) electrons. The van der Waals surface area contributed by atoms with Crippen LogP contribution < -0.4 is 10.1 Å². The average molecular weight is 571 g/mol. The summed E-state index contributed by atoms with van der Waals surface area (Å²) in [5.74, 6) is -0.778. The van der Waals surface area contributed by atoms with Gasteiger partial charge in [-0.05, 0) is 50.1 Å². The van der Waals surface area contributed by atoms with E-state index in [1.807, 2.05) is 29.7 Å². The maximum absolute atomic E-state index is 13.1. The Hall–Kier alpha value is -2.09. The molecule has 9 nitrogen and oxygen atoms in total. The fraction of sp³-hybridized carbons (Fsp3) is 0.435. The predicted octanol–water partition coefficient (Wildman–Crippen LogP) is 3.94. The van der Waals surface area contributed by atoms with Crippen LogP contribution >= 0.6 is 34.3 Å². The normalized spacial score (nSPS) is 16.0. The van der Waals surface area contributed by atoms with Crippen LogP contribution in [0.4, 0.5) is 5.69 Å². The van der Waals surface area contributed by atoms with Crippen molar-refractivity contribution >= 4 is 72.0 Å². The summed E-state index contributed by atoms with van der Waals surface area (Å²) in [6.07, 6.45) is 0.800. The van der Waals surface area contributed by atoms with E-state index in [-0.39, 0.29) is 35.0 Å². The highest BCUT2D eigenvalue weighted by atomic mass is 35.5. The molecule has 0 spiro atoms. The molecule has 1 aliphatic heterocycles. The first kappa shape index (κ1) is 27.0. The SMILES string of the molecule is CCOCCn1c(=NC(=O)C2CCN(S(=O)(=O)c3ccc(Cl)s3)CC2)sc2cc(NC(C)=O)ccc21. The number of ether oxygens (including phenoxy) is 1. The molecule has 3 heterocycles. The van der Waals surface area contributed by atoms with Gasteiger partial charge in [0.05, 0.1) is 21.2 Å². The summed E-state index contributed by atoms with van der Waals surface area (Å²) in [6.45, 7) is 5.46. The Bertz CT molecular complexity index is 1440. The number of thiophene rings is 1. The zero-order chi connectivity index (χ0) is 25.9. The third kappa shape index (κ3) is 6.06. The van der Waals surface area contributed by atoms with E-state index in [1.165, 1.54) is 28.6 Å². The van der Waals surface area contributed by atoms with Gasteiger partial charge in [-0.2, -0.15) is 9.30 Å². The van der Waals surface area contributed by atoms with Gasteiger partial charge in [0.2, 0.25) is 5.91 Å². The maximum Gasteiger partial charge on any atom is 0.252 e. The van der Waals surface area contributed by atoms with Gasteiger partial charge in [0.1, 0.15) is 4.21 Å². The summed E-state index contributed by atoms with van der Waals surface area (Å²) in [7, 11) is -3.62. The number of piperidine rings is 1. The van der Waals surface area contributed by atoms with Crippen LogP contribution in [0.1, 0.15) is 26.7 Å². The number of fused-ring (bicyclic) bond motifs is 1. The molecule has 1 fully saturated rings. The molecule has 3 aromatic rings. The van der Waals surface area contributed by atoms with Gasteiger partial charge in [0, 0.05) is 44.8 Å². The summed E-state index contributed by atoms with van der Waals surface area (Å²) in [6, 6.07) is 8.65. The van der Waals surface area contributed by atoms with Gasteiger partial charge < -0.3 is 14.6 Å². The van der Waals surface area contributed by atoms with Crippen molar-refractivity contribution in [1.29, 1.82) is 0 Å². The van der Waals surface area contributed by atoms with Crippen LogP contribution in [0.25, 0.3) is 10.2 Å². The van der Waals surface area contributed by atoms with Crippen LogP contribution in [0.2, 0.25) is 4.34 Å². The first-order valence-electron chi connectivity index (χ1n) is 11.5. The molecule has 0 bridgehead atoms. The lowest BCUT2D eigenvalue weighted by Crippen LogP contribution is -2.40. The number of carbonyl (C=O) groups excluding carboxylic acids is 2. The van der Waals surface area contributed by atoms with Crippen molar-refractivity contribution in [3.8, 4) is 0 Å². The Morgan fingerprint density at radius 1 is 1.19 bits per heavy atom. The number of aromatic nitrogens is 1. The quantitative estimate of drug-likeness (QED) is 0.412. The van der Waals surface area contributed by atoms with E-state index in [2.05, 4.69) is 10.3 Å². The van der Waals surface area contributed by atoms with Crippen LogP contribution in [0.15, 0.2) is 39.5 Å². The molecule has 0 unspecified atom stereocenters. The van der Waals surface area contributed by atoms with E-state index in [1.54, 1.807) is 6.07 Å². The van der Waals surface area contributed by atoms with Gasteiger partial charge in [-0.15, -0.1) is 11.3 Å². The van der Waals surface area contributed by atoms with Crippen molar-refractivity contribution in [2.75, 3.05) is 31.6 Å². The molecule has 1 aliphatic rings. The van der Waals surface area contributed by atoms with Crippen molar-refractivity contribution < 1.29 is 22.7 Å². The average Bonchev–Trinajstić information content (AvgIpc) is 3.42. The smallest absolute Gasteiger partial charge is 0.252 e. The monoisotopic (exact) mass is 570 g/mol. The number of rotatable bonds is 8. The number of carbonyl (C=O) groups is 2. The highest BCUT2D eigenvalue weighted by Gasteiger charge is 2.33. The lowest BCUT2D eigenvalue weighted by molar-refractivity contribution is -0.123. The minimum Gasteiger partial charge on any atom is -0.380 e. The Balaban J connectivity index is 1.54. The standard InChI is InChI=1S/C23H27ClN4O5S3/c1-3-33-13-12-28-18-5-4-17(25-15(2)29)14-19(18)34-23(28)26-22(30)16-8-10-27(11-9-16)36(31,32)21-7-6-20(24)35-21/h4-7,14,16H,3,8-13H2,1-2H3,(H,25,29). The molecule has 2 amide bonds. The second kappa shape index (κ2) is 11.5. The molecule has 1 N–H and O–H groups in total. The van der Waals surface area contributed by atoms with Gasteiger partial charge in [0.25, 0.3) is 15.9 Å². The molecule has 1 aromatic carbocycles. The Labute approximate surface area is 222 Å². The summed E-state index contributed by atoms with van der Waals surface area (Å²) in [5, 5.41) is 2.78. The fourth-order valence-electron chi connectivity index (χ4n) is 4.05. The van der Waals surface area contributed by atoms with Crippen molar-refractivity contribution in [3.05, 3.63) is 39.5 Å². The first-order valence-corrected chi connectivity index (χ1v) is 15.0. The number of benzene rings is 1. The minimum atomic E-state index is -3.62. The van der Waals surface area contributed by atoms with Gasteiger partial charge >= 0.3 is 0 Å². The van der Waals surface area contributed by atoms with Crippen LogP contribution in [0.5, 0.6) is 0 Å². The summed E-state index contributed by atoms with van der Waals surface area (Å²) < 4.78 is 36.1. The van der Waals surface area contributed by atoms with Gasteiger partial charge in [-0.3, -0.25) is 9.59 Å². The number of nitrogens with one attached hydrogen (secondary N) is 1. The van der Waals surface area contributed by atoms with Crippen LogP contribution in [-0.4, -0.2) is 55.4 Å². The Morgan fingerprint density at radius 3 is 2.58 bits per heavy atom. The topological polar surface area (TPSA) is 110 Å². The van der Waals surface area contributed by atoms with Crippen molar-refractivity contribution in [3.63, 3.8) is 0 Å².